The van der Waals surface area contributed by atoms with Gasteiger partial charge in [-0.1, -0.05) is 24.3 Å². The Morgan fingerprint density at radius 1 is 1.22 bits per heavy atom. The maximum absolute atomic E-state index is 12.9. The lowest BCUT2D eigenvalue weighted by molar-refractivity contribution is 0.159. The molecular formula is C15H13F2NO3S2. The van der Waals surface area contributed by atoms with E-state index in [1.54, 1.807) is 36.6 Å². The third-order valence-corrected chi connectivity index (χ3v) is 6.48. The van der Waals surface area contributed by atoms with Crippen LogP contribution in [-0.2, 0) is 10.0 Å². The van der Waals surface area contributed by atoms with Crippen molar-refractivity contribution in [1.29, 1.82) is 0 Å². The molecule has 3 rings (SSSR count). The van der Waals surface area contributed by atoms with E-state index in [9.17, 15) is 22.3 Å². The van der Waals surface area contributed by atoms with Crippen molar-refractivity contribution in [3.63, 3.8) is 0 Å². The minimum Gasteiger partial charge on any atom is -0.506 e. The first-order valence-electron chi connectivity index (χ1n) is 6.72. The van der Waals surface area contributed by atoms with Crippen LogP contribution in [0, 0.1) is 6.92 Å². The molecule has 0 amide bonds. The number of hydrogen-bond donors (Lipinski definition) is 1. The molecule has 0 saturated heterocycles. The molecule has 8 heteroatoms. The van der Waals surface area contributed by atoms with Crippen molar-refractivity contribution in [3.05, 3.63) is 52.4 Å². The number of sulfonamides is 1. The average molecular weight is 357 g/mol. The summed E-state index contributed by atoms with van der Waals surface area (Å²) in [5.41, 5.74) is 1.19. The first kappa shape index (κ1) is 15.9. The monoisotopic (exact) mass is 357 g/mol. The number of nitrogens with zero attached hydrogens (tertiary/aromatic N) is 1. The predicted octanol–water partition coefficient (Wildman–Crippen LogP) is 3.86. The molecule has 2 aromatic rings. The van der Waals surface area contributed by atoms with Gasteiger partial charge in [-0.05, 0) is 23.9 Å². The molecule has 0 aliphatic carbocycles. The fourth-order valence-electron chi connectivity index (χ4n) is 2.54. The van der Waals surface area contributed by atoms with Crippen molar-refractivity contribution >= 4 is 37.0 Å². The van der Waals surface area contributed by atoms with E-state index in [4.69, 9.17) is 0 Å². The Morgan fingerprint density at radius 3 is 2.57 bits per heavy atom. The first-order chi connectivity index (χ1) is 10.8. The Hall–Kier alpha value is -1.93. The molecule has 1 aliphatic rings. The summed E-state index contributed by atoms with van der Waals surface area (Å²) in [7, 11) is -4.27. The standard InChI is InChI=1S/C15H13F2NO3S2/c1-9-4-2-3-5-10(9)14-13(19)11-6-7-22-15(11)18(8-12(16)17)23(14,20)21/h2-7,12,19H,8H2,1H3. The van der Waals surface area contributed by atoms with Gasteiger partial charge in [-0.15, -0.1) is 11.3 Å². The van der Waals surface area contributed by atoms with E-state index < -0.39 is 28.8 Å². The van der Waals surface area contributed by atoms with Crippen molar-refractivity contribution in [2.75, 3.05) is 10.8 Å². The second-order valence-corrected chi connectivity index (χ2v) is 7.75. The van der Waals surface area contributed by atoms with Gasteiger partial charge in [-0.3, -0.25) is 4.31 Å². The van der Waals surface area contributed by atoms with Gasteiger partial charge in [0, 0.05) is 5.56 Å². The second-order valence-electron chi connectivity index (χ2n) is 5.06. The molecule has 23 heavy (non-hydrogen) atoms. The van der Waals surface area contributed by atoms with Gasteiger partial charge >= 0.3 is 0 Å². The second kappa shape index (κ2) is 5.61. The number of fused-ring (bicyclic) bond motifs is 1. The van der Waals surface area contributed by atoms with Crippen LogP contribution in [0.5, 0.6) is 0 Å². The highest BCUT2D eigenvalue weighted by Gasteiger charge is 2.40. The highest BCUT2D eigenvalue weighted by molar-refractivity contribution is 8.02. The van der Waals surface area contributed by atoms with E-state index in [0.29, 0.717) is 15.4 Å². The van der Waals surface area contributed by atoms with Crippen molar-refractivity contribution in [1.82, 2.24) is 0 Å². The highest BCUT2D eigenvalue weighted by atomic mass is 32.2. The zero-order valence-electron chi connectivity index (χ0n) is 12.0. The normalized spacial score (nSPS) is 16.8. The number of halogens is 2. The molecule has 0 unspecified atom stereocenters. The minimum absolute atomic E-state index is 0.111. The van der Waals surface area contributed by atoms with Crippen LogP contribution < -0.4 is 4.31 Å². The third-order valence-electron chi connectivity index (χ3n) is 3.58. The van der Waals surface area contributed by atoms with Crippen LogP contribution in [0.25, 0.3) is 10.7 Å². The molecular weight excluding hydrogens is 344 g/mol. The van der Waals surface area contributed by atoms with Crippen LogP contribution in [0.1, 0.15) is 16.7 Å². The average Bonchev–Trinajstić information content (AvgIpc) is 2.94. The van der Waals surface area contributed by atoms with Crippen LogP contribution in [0.2, 0.25) is 0 Å². The number of benzene rings is 1. The molecule has 0 atom stereocenters. The number of thiophene rings is 1. The SMILES string of the molecule is Cc1ccccc1C1=C(O)c2ccsc2N(CC(F)F)S1(=O)=O. The third kappa shape index (κ3) is 2.51. The quantitative estimate of drug-likeness (QED) is 0.908. The van der Waals surface area contributed by atoms with Gasteiger partial charge in [-0.2, -0.15) is 0 Å². The summed E-state index contributed by atoms with van der Waals surface area (Å²) in [5.74, 6) is -0.402. The number of aliphatic hydroxyl groups is 1. The molecule has 2 heterocycles. The summed E-state index contributed by atoms with van der Waals surface area (Å²) in [5, 5.41) is 12.1. The van der Waals surface area contributed by atoms with Crippen molar-refractivity contribution in [2.24, 2.45) is 0 Å². The predicted molar refractivity (Wildman–Crippen MR) is 87.2 cm³/mol. The maximum Gasteiger partial charge on any atom is 0.269 e. The largest absolute Gasteiger partial charge is 0.506 e. The smallest absolute Gasteiger partial charge is 0.269 e. The molecule has 1 aromatic carbocycles. The Balaban J connectivity index is 2.30. The van der Waals surface area contributed by atoms with Crippen molar-refractivity contribution < 1.29 is 22.3 Å². The number of anilines is 1. The zero-order valence-corrected chi connectivity index (χ0v) is 13.7. The van der Waals surface area contributed by atoms with Gasteiger partial charge in [0.25, 0.3) is 16.4 Å². The van der Waals surface area contributed by atoms with Crippen LogP contribution in [0.3, 0.4) is 0 Å². The van der Waals surface area contributed by atoms with Crippen LogP contribution in [0.4, 0.5) is 13.8 Å². The van der Waals surface area contributed by atoms with E-state index >= 15 is 0 Å². The van der Waals surface area contributed by atoms with E-state index in [2.05, 4.69) is 0 Å². The molecule has 1 aromatic heterocycles. The van der Waals surface area contributed by atoms with Crippen molar-refractivity contribution in [2.45, 2.75) is 13.3 Å². The lowest BCUT2D eigenvalue weighted by Crippen LogP contribution is -2.38. The minimum atomic E-state index is -4.27. The number of hydrogen-bond acceptors (Lipinski definition) is 4. The van der Waals surface area contributed by atoms with Gasteiger partial charge in [0.2, 0.25) is 0 Å². The van der Waals surface area contributed by atoms with Crippen LogP contribution in [0.15, 0.2) is 35.7 Å². The summed E-state index contributed by atoms with van der Waals surface area (Å²) in [6.45, 7) is 0.754. The topological polar surface area (TPSA) is 57.6 Å². The van der Waals surface area contributed by atoms with Crippen LogP contribution >= 0.6 is 11.3 Å². The molecule has 0 radical (unpaired) electrons. The lowest BCUT2D eigenvalue weighted by Gasteiger charge is -2.30. The zero-order chi connectivity index (χ0) is 16.8. The Kier molecular flexibility index (Phi) is 3.89. The van der Waals surface area contributed by atoms with Gasteiger partial charge in [0.15, 0.2) is 0 Å². The van der Waals surface area contributed by atoms with Gasteiger partial charge in [-0.25, -0.2) is 17.2 Å². The lowest BCUT2D eigenvalue weighted by atomic mass is 10.1. The fraction of sp³-hybridized carbons (Fsp3) is 0.200. The van der Waals surface area contributed by atoms with E-state index in [1.165, 1.54) is 6.07 Å². The Labute approximate surface area is 136 Å². The summed E-state index contributed by atoms with van der Waals surface area (Å²) >= 11 is 1.00. The molecule has 0 bridgehead atoms. The van der Waals surface area contributed by atoms with Crippen LogP contribution in [-0.4, -0.2) is 26.5 Å². The Morgan fingerprint density at radius 2 is 1.91 bits per heavy atom. The van der Waals surface area contributed by atoms with Gasteiger partial charge in [0.1, 0.15) is 15.7 Å². The molecule has 0 saturated carbocycles. The summed E-state index contributed by atoms with van der Waals surface area (Å²) in [6.07, 6.45) is -2.82. The van der Waals surface area contributed by atoms with E-state index in [0.717, 1.165) is 11.3 Å². The molecule has 0 spiro atoms. The molecule has 0 fully saturated rings. The van der Waals surface area contributed by atoms with E-state index in [-0.39, 0.29) is 15.5 Å². The number of alkyl halides is 2. The first-order valence-corrected chi connectivity index (χ1v) is 9.04. The summed E-state index contributed by atoms with van der Waals surface area (Å²) < 4.78 is 52.2. The van der Waals surface area contributed by atoms with Gasteiger partial charge in [0.05, 0.1) is 12.1 Å². The van der Waals surface area contributed by atoms with Crippen molar-refractivity contribution in [3.8, 4) is 0 Å². The number of aryl methyl sites for hydroxylation is 1. The fourth-order valence-corrected chi connectivity index (χ4v) is 5.49. The highest BCUT2D eigenvalue weighted by Crippen LogP contribution is 2.45. The summed E-state index contributed by atoms with van der Waals surface area (Å²) in [4.78, 5) is -0.331. The molecule has 122 valence electrons. The number of aliphatic hydroxyl groups excluding tert-OH is 1. The van der Waals surface area contributed by atoms with E-state index in [1.807, 2.05) is 0 Å². The number of rotatable bonds is 3. The molecule has 1 aliphatic heterocycles. The summed E-state index contributed by atoms with van der Waals surface area (Å²) in [6, 6.07) is 8.15. The Bertz CT molecular complexity index is 888. The van der Waals surface area contributed by atoms with Gasteiger partial charge < -0.3 is 5.11 Å². The molecule has 1 N–H and O–H groups in total. The molecule has 4 nitrogen and oxygen atoms in total. The maximum atomic E-state index is 12.9.